The second-order valence-corrected chi connectivity index (χ2v) is 5.94. The number of nitrogens with one attached hydrogen (secondary N) is 1. The Balaban J connectivity index is 2.01. The lowest BCUT2D eigenvalue weighted by atomic mass is 10.00. The molecule has 0 radical (unpaired) electrons. The molecule has 4 nitrogen and oxygen atoms in total. The zero-order valence-corrected chi connectivity index (χ0v) is 11.3. The molecule has 1 fully saturated rings. The third kappa shape index (κ3) is 1.92. The minimum atomic E-state index is -0.172. The van der Waals surface area contributed by atoms with E-state index in [2.05, 4.69) is 18.8 Å². The number of aromatic amines is 1. The molecule has 100 valence electrons. The first-order chi connectivity index (χ1) is 8.99. The molecule has 4 heteroatoms. The highest BCUT2D eigenvalue weighted by atomic mass is 16.2. The minimum absolute atomic E-state index is 0.0652. The van der Waals surface area contributed by atoms with Crippen LogP contribution in [0.1, 0.15) is 30.6 Å². The highest BCUT2D eigenvalue weighted by Crippen LogP contribution is 2.30. The van der Waals surface area contributed by atoms with E-state index in [4.69, 9.17) is 5.73 Å². The molecule has 1 aromatic heterocycles. The van der Waals surface area contributed by atoms with E-state index in [1.807, 2.05) is 29.2 Å². The lowest BCUT2D eigenvalue weighted by Crippen LogP contribution is -2.42. The average molecular weight is 257 g/mol. The van der Waals surface area contributed by atoms with E-state index in [1.54, 1.807) is 6.20 Å². The van der Waals surface area contributed by atoms with Crippen LogP contribution >= 0.6 is 0 Å². The second-order valence-electron chi connectivity index (χ2n) is 5.94. The SMILES string of the molecule is CC1(C)CC(N)CN1C(=O)c1c[nH]c2ccccc12. The number of hydrogen-bond acceptors (Lipinski definition) is 2. The largest absolute Gasteiger partial charge is 0.360 e. The Morgan fingerprint density at radius 3 is 2.84 bits per heavy atom. The summed E-state index contributed by atoms with van der Waals surface area (Å²) in [4.78, 5) is 17.8. The van der Waals surface area contributed by atoms with Crippen molar-refractivity contribution in [2.75, 3.05) is 6.54 Å². The quantitative estimate of drug-likeness (QED) is 0.822. The van der Waals surface area contributed by atoms with Gasteiger partial charge in [-0.05, 0) is 26.3 Å². The van der Waals surface area contributed by atoms with Gasteiger partial charge in [0, 0.05) is 35.2 Å². The van der Waals surface area contributed by atoms with Crippen molar-refractivity contribution in [3.05, 3.63) is 36.0 Å². The second kappa shape index (κ2) is 4.10. The van der Waals surface area contributed by atoms with Crippen molar-refractivity contribution in [3.63, 3.8) is 0 Å². The van der Waals surface area contributed by atoms with Gasteiger partial charge < -0.3 is 15.6 Å². The van der Waals surface area contributed by atoms with Crippen LogP contribution in [-0.2, 0) is 0 Å². The third-order valence-electron chi connectivity index (χ3n) is 3.97. The van der Waals surface area contributed by atoms with Gasteiger partial charge in [-0.2, -0.15) is 0 Å². The number of aromatic nitrogens is 1. The van der Waals surface area contributed by atoms with Gasteiger partial charge in [0.2, 0.25) is 0 Å². The summed E-state index contributed by atoms with van der Waals surface area (Å²) in [5.41, 5.74) is 7.56. The van der Waals surface area contributed by atoms with Crippen molar-refractivity contribution >= 4 is 16.8 Å². The van der Waals surface area contributed by atoms with Crippen LogP contribution in [-0.4, -0.2) is 33.9 Å². The number of rotatable bonds is 1. The van der Waals surface area contributed by atoms with E-state index in [9.17, 15) is 4.79 Å². The summed E-state index contributed by atoms with van der Waals surface area (Å²) in [5.74, 6) is 0.0652. The molecule has 2 heterocycles. The molecular weight excluding hydrogens is 238 g/mol. The van der Waals surface area contributed by atoms with Crippen molar-refractivity contribution < 1.29 is 4.79 Å². The normalized spacial score (nSPS) is 22.1. The van der Waals surface area contributed by atoms with Gasteiger partial charge >= 0.3 is 0 Å². The first-order valence-corrected chi connectivity index (χ1v) is 6.63. The van der Waals surface area contributed by atoms with E-state index in [0.29, 0.717) is 6.54 Å². The van der Waals surface area contributed by atoms with Gasteiger partial charge in [0.05, 0.1) is 5.56 Å². The van der Waals surface area contributed by atoms with Gasteiger partial charge in [-0.15, -0.1) is 0 Å². The van der Waals surface area contributed by atoms with Gasteiger partial charge in [-0.25, -0.2) is 0 Å². The van der Waals surface area contributed by atoms with Crippen molar-refractivity contribution in [1.29, 1.82) is 0 Å². The van der Waals surface area contributed by atoms with Crippen LogP contribution in [0.3, 0.4) is 0 Å². The molecule has 0 bridgehead atoms. The Morgan fingerprint density at radius 1 is 1.42 bits per heavy atom. The first kappa shape index (κ1) is 12.2. The fourth-order valence-electron chi connectivity index (χ4n) is 3.05. The van der Waals surface area contributed by atoms with E-state index in [-0.39, 0.29) is 17.5 Å². The molecule has 0 spiro atoms. The van der Waals surface area contributed by atoms with Crippen molar-refractivity contribution in [3.8, 4) is 0 Å². The topological polar surface area (TPSA) is 62.1 Å². The van der Waals surface area contributed by atoms with Crippen molar-refractivity contribution in [2.24, 2.45) is 5.73 Å². The Labute approximate surface area is 112 Å². The van der Waals surface area contributed by atoms with Crippen molar-refractivity contribution in [2.45, 2.75) is 31.8 Å². The molecule has 1 aliphatic heterocycles. The fourth-order valence-corrected chi connectivity index (χ4v) is 3.05. The smallest absolute Gasteiger partial charge is 0.256 e. The standard InChI is InChI=1S/C15H19N3O/c1-15(2)7-10(16)9-18(15)14(19)12-8-17-13-6-4-3-5-11(12)13/h3-6,8,10,17H,7,9,16H2,1-2H3. The van der Waals surface area contributed by atoms with E-state index in [0.717, 1.165) is 22.9 Å². The number of amides is 1. The van der Waals surface area contributed by atoms with Crippen LogP contribution in [0.2, 0.25) is 0 Å². The highest BCUT2D eigenvalue weighted by molar-refractivity contribution is 6.07. The zero-order chi connectivity index (χ0) is 13.6. The maximum Gasteiger partial charge on any atom is 0.256 e. The molecule has 0 saturated carbocycles. The van der Waals surface area contributed by atoms with Crippen LogP contribution in [0.25, 0.3) is 10.9 Å². The molecule has 1 aliphatic rings. The number of carbonyl (C=O) groups is 1. The molecule has 1 aromatic carbocycles. The third-order valence-corrected chi connectivity index (χ3v) is 3.97. The molecule has 1 amide bonds. The molecule has 1 unspecified atom stereocenters. The molecule has 3 rings (SSSR count). The summed E-state index contributed by atoms with van der Waals surface area (Å²) in [6.45, 7) is 4.78. The maximum absolute atomic E-state index is 12.7. The summed E-state index contributed by atoms with van der Waals surface area (Å²) in [6, 6.07) is 7.94. The molecule has 19 heavy (non-hydrogen) atoms. The van der Waals surface area contributed by atoms with Gasteiger partial charge in [0.15, 0.2) is 0 Å². The zero-order valence-electron chi connectivity index (χ0n) is 11.3. The number of nitrogens with zero attached hydrogens (tertiary/aromatic N) is 1. The summed E-state index contributed by atoms with van der Waals surface area (Å²) >= 11 is 0. The van der Waals surface area contributed by atoms with Crippen LogP contribution in [0, 0.1) is 0 Å². The molecule has 0 aliphatic carbocycles. The van der Waals surface area contributed by atoms with E-state index >= 15 is 0 Å². The summed E-state index contributed by atoms with van der Waals surface area (Å²) < 4.78 is 0. The first-order valence-electron chi connectivity index (χ1n) is 6.63. The number of carbonyl (C=O) groups excluding carboxylic acids is 1. The Bertz CT molecular complexity index is 629. The van der Waals surface area contributed by atoms with Crippen LogP contribution < -0.4 is 5.73 Å². The Kier molecular flexibility index (Phi) is 2.64. The average Bonchev–Trinajstić information content (AvgIpc) is 2.89. The van der Waals surface area contributed by atoms with Crippen LogP contribution in [0.5, 0.6) is 0 Å². The molecule has 2 aromatic rings. The Hall–Kier alpha value is -1.81. The number of para-hydroxylation sites is 1. The Morgan fingerprint density at radius 2 is 2.16 bits per heavy atom. The van der Waals surface area contributed by atoms with Gasteiger partial charge in [-0.3, -0.25) is 4.79 Å². The van der Waals surface area contributed by atoms with Crippen LogP contribution in [0.4, 0.5) is 0 Å². The predicted octanol–water partition coefficient (Wildman–Crippen LogP) is 2.12. The lowest BCUT2D eigenvalue weighted by Gasteiger charge is -2.31. The molecular formula is C15H19N3O. The van der Waals surface area contributed by atoms with E-state index < -0.39 is 0 Å². The highest BCUT2D eigenvalue weighted by Gasteiger charge is 2.40. The van der Waals surface area contributed by atoms with Gasteiger partial charge in [0.25, 0.3) is 5.91 Å². The fraction of sp³-hybridized carbons (Fsp3) is 0.400. The molecule has 3 N–H and O–H groups in total. The number of H-pyrrole nitrogens is 1. The van der Waals surface area contributed by atoms with Crippen LogP contribution in [0.15, 0.2) is 30.5 Å². The predicted molar refractivity (Wildman–Crippen MR) is 76.0 cm³/mol. The number of nitrogens with two attached hydrogens (primary N) is 1. The number of hydrogen-bond donors (Lipinski definition) is 2. The maximum atomic E-state index is 12.7. The summed E-state index contributed by atoms with van der Waals surface area (Å²) in [5, 5.41) is 0.976. The minimum Gasteiger partial charge on any atom is -0.360 e. The van der Waals surface area contributed by atoms with Gasteiger partial charge in [-0.1, -0.05) is 18.2 Å². The molecule has 1 saturated heterocycles. The van der Waals surface area contributed by atoms with Crippen molar-refractivity contribution in [1.82, 2.24) is 9.88 Å². The number of benzene rings is 1. The summed E-state index contributed by atoms with van der Waals surface area (Å²) in [7, 11) is 0. The lowest BCUT2D eigenvalue weighted by molar-refractivity contribution is 0.0653. The van der Waals surface area contributed by atoms with Gasteiger partial charge in [0.1, 0.15) is 0 Å². The molecule has 1 atom stereocenters. The monoisotopic (exact) mass is 257 g/mol. The summed E-state index contributed by atoms with van der Waals surface area (Å²) in [6.07, 6.45) is 2.65. The van der Waals surface area contributed by atoms with E-state index in [1.165, 1.54) is 0 Å². The number of likely N-dealkylation sites (tertiary alicyclic amines) is 1. The number of fused-ring (bicyclic) bond motifs is 1.